The molecule has 0 heterocycles. The molecule has 7 heteroatoms. The molecule has 1 unspecified atom stereocenters. The summed E-state index contributed by atoms with van der Waals surface area (Å²) < 4.78 is 18.3. The third-order valence-corrected chi connectivity index (χ3v) is 2.99. The summed E-state index contributed by atoms with van der Waals surface area (Å²) >= 11 is 0. The van der Waals surface area contributed by atoms with E-state index >= 15 is 0 Å². The maximum absolute atomic E-state index is 13.0. The average Bonchev–Trinajstić information content (AvgIpc) is 2.46. The number of ether oxygens (including phenoxy) is 1. The topological polar surface area (TPSA) is 88.2 Å². The van der Waals surface area contributed by atoms with Crippen LogP contribution in [0.1, 0.15) is 26.7 Å². The van der Waals surface area contributed by atoms with Crippen molar-refractivity contribution in [3.63, 3.8) is 0 Å². The van der Waals surface area contributed by atoms with Crippen molar-refractivity contribution in [2.24, 2.45) is 0 Å². The van der Waals surface area contributed by atoms with Crippen LogP contribution in [0.15, 0.2) is 18.2 Å². The van der Waals surface area contributed by atoms with Crippen molar-refractivity contribution in [1.29, 1.82) is 5.26 Å². The Balaban J connectivity index is 2.68. The molecule has 1 N–H and O–H groups in total. The van der Waals surface area contributed by atoms with Gasteiger partial charge in [0.15, 0.2) is 5.75 Å². The molecule has 0 aliphatic carbocycles. The summed E-state index contributed by atoms with van der Waals surface area (Å²) in [5.41, 5.74) is -1.18. The highest BCUT2D eigenvalue weighted by atomic mass is 19.1. The van der Waals surface area contributed by atoms with Gasteiger partial charge in [0.25, 0.3) is 0 Å². The summed E-state index contributed by atoms with van der Waals surface area (Å²) in [5.74, 6) is -0.697. The van der Waals surface area contributed by atoms with Gasteiger partial charge in [-0.05, 0) is 32.0 Å². The maximum Gasteiger partial charge on any atom is 0.313 e. The van der Waals surface area contributed by atoms with E-state index in [1.54, 1.807) is 6.92 Å². The van der Waals surface area contributed by atoms with E-state index in [1.807, 2.05) is 6.92 Å². The molecule has 0 bridgehead atoms. The second kappa shape index (κ2) is 7.55. The van der Waals surface area contributed by atoms with Gasteiger partial charge in [-0.3, -0.25) is 15.4 Å². The summed E-state index contributed by atoms with van der Waals surface area (Å²) in [6.45, 7) is 4.54. The second-order valence-corrected chi connectivity index (χ2v) is 4.84. The van der Waals surface area contributed by atoms with Crippen molar-refractivity contribution in [1.82, 2.24) is 5.32 Å². The van der Waals surface area contributed by atoms with Crippen molar-refractivity contribution < 1.29 is 14.1 Å². The number of halogens is 1. The molecule has 1 rings (SSSR count). The highest BCUT2D eigenvalue weighted by Gasteiger charge is 2.23. The van der Waals surface area contributed by atoms with Crippen LogP contribution < -0.4 is 10.1 Å². The van der Waals surface area contributed by atoms with Crippen molar-refractivity contribution in [3.05, 3.63) is 34.1 Å². The molecule has 0 saturated carbocycles. The largest absolute Gasteiger partial charge is 0.487 e. The van der Waals surface area contributed by atoms with Crippen LogP contribution in [0.25, 0.3) is 0 Å². The first-order chi connectivity index (χ1) is 9.91. The van der Waals surface area contributed by atoms with Crippen molar-refractivity contribution in [3.8, 4) is 11.8 Å². The Bertz CT molecular complexity index is 545. The molecule has 0 saturated heterocycles. The van der Waals surface area contributed by atoms with Gasteiger partial charge in [-0.15, -0.1) is 0 Å². The number of nitro benzene ring substituents is 1. The quantitative estimate of drug-likeness (QED) is 0.588. The Morgan fingerprint density at radius 1 is 1.57 bits per heavy atom. The fourth-order valence-corrected chi connectivity index (χ4v) is 1.71. The van der Waals surface area contributed by atoms with E-state index in [1.165, 1.54) is 6.07 Å². The lowest BCUT2D eigenvalue weighted by Crippen LogP contribution is -2.42. The van der Waals surface area contributed by atoms with Gasteiger partial charge < -0.3 is 4.74 Å². The molecule has 1 aromatic rings. The van der Waals surface area contributed by atoms with Crippen LogP contribution in [-0.2, 0) is 0 Å². The average molecular weight is 295 g/mol. The predicted molar refractivity (Wildman–Crippen MR) is 75.5 cm³/mol. The van der Waals surface area contributed by atoms with E-state index < -0.39 is 22.0 Å². The number of nitriles is 1. The third kappa shape index (κ3) is 5.00. The van der Waals surface area contributed by atoms with Crippen LogP contribution in [0.4, 0.5) is 10.1 Å². The number of nitro groups is 1. The molecule has 0 aromatic heterocycles. The molecular formula is C14H18FN3O3. The molecule has 0 amide bonds. The lowest BCUT2D eigenvalue weighted by molar-refractivity contribution is -0.386. The van der Waals surface area contributed by atoms with Gasteiger partial charge in [0.2, 0.25) is 0 Å². The smallest absolute Gasteiger partial charge is 0.313 e. The van der Waals surface area contributed by atoms with Crippen LogP contribution in [-0.4, -0.2) is 23.6 Å². The van der Waals surface area contributed by atoms with Crippen LogP contribution in [0.2, 0.25) is 0 Å². The monoisotopic (exact) mass is 295 g/mol. The number of nitrogens with one attached hydrogen (secondary N) is 1. The van der Waals surface area contributed by atoms with E-state index in [9.17, 15) is 14.5 Å². The van der Waals surface area contributed by atoms with Gasteiger partial charge in [0, 0.05) is 6.42 Å². The highest BCUT2D eigenvalue weighted by molar-refractivity contribution is 5.46. The summed E-state index contributed by atoms with van der Waals surface area (Å²) in [6, 6.07) is 5.29. The zero-order valence-corrected chi connectivity index (χ0v) is 12.1. The SMILES string of the molecule is CCCNC(C)(C#N)CCOc1ccc(F)cc1[N+](=O)[O-]. The van der Waals surface area contributed by atoms with E-state index in [2.05, 4.69) is 11.4 Å². The Morgan fingerprint density at radius 2 is 2.29 bits per heavy atom. The zero-order valence-electron chi connectivity index (χ0n) is 12.1. The highest BCUT2D eigenvalue weighted by Crippen LogP contribution is 2.27. The van der Waals surface area contributed by atoms with E-state index in [-0.39, 0.29) is 12.4 Å². The Hall–Kier alpha value is -2.20. The van der Waals surface area contributed by atoms with Crippen molar-refractivity contribution in [2.75, 3.05) is 13.2 Å². The van der Waals surface area contributed by atoms with E-state index in [0.29, 0.717) is 13.0 Å². The summed E-state index contributed by atoms with van der Waals surface area (Å²) in [6.07, 6.45) is 1.25. The lowest BCUT2D eigenvalue weighted by atomic mass is 10.0. The van der Waals surface area contributed by atoms with E-state index in [4.69, 9.17) is 10.00 Å². The van der Waals surface area contributed by atoms with Gasteiger partial charge >= 0.3 is 5.69 Å². The molecule has 0 spiro atoms. The van der Waals surface area contributed by atoms with Crippen LogP contribution in [0.5, 0.6) is 5.75 Å². The summed E-state index contributed by atoms with van der Waals surface area (Å²) in [4.78, 5) is 10.1. The minimum Gasteiger partial charge on any atom is -0.487 e. The fourth-order valence-electron chi connectivity index (χ4n) is 1.71. The van der Waals surface area contributed by atoms with Gasteiger partial charge in [0.1, 0.15) is 11.4 Å². The summed E-state index contributed by atoms with van der Waals surface area (Å²) in [7, 11) is 0. The third-order valence-electron chi connectivity index (χ3n) is 2.99. The van der Waals surface area contributed by atoms with E-state index in [0.717, 1.165) is 18.6 Å². The first kappa shape index (κ1) is 16.9. The molecule has 0 radical (unpaired) electrons. The Morgan fingerprint density at radius 3 is 2.86 bits per heavy atom. The minimum atomic E-state index is -0.759. The minimum absolute atomic E-state index is 0.00261. The van der Waals surface area contributed by atoms with Crippen molar-refractivity contribution in [2.45, 2.75) is 32.2 Å². The van der Waals surface area contributed by atoms with Crippen molar-refractivity contribution >= 4 is 5.69 Å². The van der Waals surface area contributed by atoms with Crippen LogP contribution >= 0.6 is 0 Å². The molecule has 0 fully saturated rings. The number of hydrogen-bond acceptors (Lipinski definition) is 5. The molecule has 0 aliphatic heterocycles. The Labute approximate surface area is 122 Å². The summed E-state index contributed by atoms with van der Waals surface area (Å²) in [5, 5.41) is 23.1. The van der Waals surface area contributed by atoms with Gasteiger partial charge in [-0.25, -0.2) is 4.39 Å². The molecular weight excluding hydrogens is 277 g/mol. The fraction of sp³-hybridized carbons (Fsp3) is 0.500. The maximum atomic E-state index is 13.0. The Kier molecular flexibility index (Phi) is 6.06. The number of hydrogen-bond donors (Lipinski definition) is 1. The standard InChI is InChI=1S/C14H18FN3O3/c1-3-7-17-14(2,10-16)6-8-21-13-5-4-11(15)9-12(13)18(19)20/h4-5,9,17H,3,6-8H2,1-2H3. The number of rotatable bonds is 8. The predicted octanol–water partition coefficient (Wildman–Crippen LogP) is 2.78. The van der Waals surface area contributed by atoms with Crippen LogP contribution in [0, 0.1) is 27.3 Å². The number of benzene rings is 1. The molecule has 1 atom stereocenters. The van der Waals surface area contributed by atoms with Gasteiger partial charge in [-0.1, -0.05) is 6.92 Å². The second-order valence-electron chi connectivity index (χ2n) is 4.84. The van der Waals surface area contributed by atoms with Gasteiger partial charge in [-0.2, -0.15) is 5.26 Å². The first-order valence-electron chi connectivity index (χ1n) is 6.65. The van der Waals surface area contributed by atoms with Crippen LogP contribution in [0.3, 0.4) is 0 Å². The molecule has 114 valence electrons. The molecule has 21 heavy (non-hydrogen) atoms. The lowest BCUT2D eigenvalue weighted by Gasteiger charge is -2.22. The molecule has 6 nitrogen and oxygen atoms in total. The van der Waals surface area contributed by atoms with Gasteiger partial charge in [0.05, 0.1) is 23.7 Å². The zero-order chi connectivity index (χ0) is 15.9. The first-order valence-corrected chi connectivity index (χ1v) is 6.65. The molecule has 0 aliphatic rings. The number of nitrogens with zero attached hydrogens (tertiary/aromatic N) is 2. The molecule has 1 aromatic carbocycles. The normalized spacial score (nSPS) is 13.2.